The summed E-state index contributed by atoms with van der Waals surface area (Å²) in [4.78, 5) is 18.6. The Morgan fingerprint density at radius 1 is 1.15 bits per heavy atom. The van der Waals surface area contributed by atoms with Crippen LogP contribution in [0.15, 0.2) is 54.6 Å². The minimum absolute atomic E-state index is 0.210. The van der Waals surface area contributed by atoms with Gasteiger partial charge in [0.1, 0.15) is 11.7 Å². The van der Waals surface area contributed by atoms with E-state index in [-0.39, 0.29) is 17.9 Å². The highest BCUT2D eigenvalue weighted by molar-refractivity contribution is 5.75. The van der Waals surface area contributed by atoms with Crippen molar-refractivity contribution in [2.75, 3.05) is 25.4 Å². The third-order valence-corrected chi connectivity index (χ3v) is 4.54. The van der Waals surface area contributed by atoms with Gasteiger partial charge in [-0.15, -0.1) is 0 Å². The number of rotatable bonds is 7. The summed E-state index contributed by atoms with van der Waals surface area (Å²) in [5, 5.41) is 1.81. The van der Waals surface area contributed by atoms with E-state index in [1.165, 1.54) is 0 Å². The van der Waals surface area contributed by atoms with E-state index in [1.54, 1.807) is 7.11 Å². The third kappa shape index (κ3) is 3.99. The lowest BCUT2D eigenvalue weighted by Crippen LogP contribution is -2.29. The maximum Gasteiger partial charge on any atom is 0.313 e. The lowest BCUT2D eigenvalue weighted by atomic mass is 9.94. The molecule has 1 aliphatic heterocycles. The van der Waals surface area contributed by atoms with Gasteiger partial charge in [-0.3, -0.25) is 9.63 Å². The summed E-state index contributed by atoms with van der Waals surface area (Å²) < 4.78 is 10.7. The number of nitrogens with zero attached hydrogens (tertiary/aromatic N) is 1. The highest BCUT2D eigenvalue weighted by Gasteiger charge is 2.42. The molecule has 0 saturated carbocycles. The molecule has 1 aliphatic rings. The van der Waals surface area contributed by atoms with Crippen LogP contribution in [0.5, 0.6) is 5.75 Å². The molecule has 138 valence electrons. The number of hydroxylamine groups is 1. The van der Waals surface area contributed by atoms with E-state index in [0.29, 0.717) is 13.2 Å². The molecule has 2 atom stereocenters. The first-order valence-electron chi connectivity index (χ1n) is 9.02. The summed E-state index contributed by atoms with van der Waals surface area (Å²) in [6.45, 7) is 2.83. The van der Waals surface area contributed by atoms with E-state index in [0.717, 1.165) is 29.8 Å². The summed E-state index contributed by atoms with van der Waals surface area (Å²) in [6, 6.07) is 17.3. The highest BCUT2D eigenvalue weighted by atomic mass is 16.7. The zero-order valence-electron chi connectivity index (χ0n) is 15.3. The molecule has 2 aromatic rings. The molecule has 5 nitrogen and oxygen atoms in total. The third-order valence-electron chi connectivity index (χ3n) is 4.54. The molecule has 1 saturated heterocycles. The van der Waals surface area contributed by atoms with Gasteiger partial charge in [-0.25, -0.2) is 5.06 Å². The maximum atomic E-state index is 12.7. The molecule has 0 bridgehead atoms. The van der Waals surface area contributed by atoms with Crippen LogP contribution in [0.2, 0.25) is 0 Å². The number of ether oxygens (including phenoxy) is 2. The van der Waals surface area contributed by atoms with Crippen LogP contribution in [0.4, 0.5) is 5.69 Å². The Balaban J connectivity index is 1.87. The molecular formula is C21H25NO4. The summed E-state index contributed by atoms with van der Waals surface area (Å²) in [6.07, 6.45) is 1.86. The first-order valence-corrected chi connectivity index (χ1v) is 9.02. The molecule has 0 radical (unpaired) electrons. The fourth-order valence-corrected chi connectivity index (χ4v) is 3.10. The van der Waals surface area contributed by atoms with Gasteiger partial charge in [0.15, 0.2) is 0 Å². The van der Waals surface area contributed by atoms with E-state index in [1.807, 2.05) is 59.7 Å². The molecule has 0 spiro atoms. The van der Waals surface area contributed by atoms with Gasteiger partial charge >= 0.3 is 5.97 Å². The van der Waals surface area contributed by atoms with E-state index in [9.17, 15) is 4.79 Å². The predicted octanol–water partition coefficient (Wildman–Crippen LogP) is 4.15. The van der Waals surface area contributed by atoms with Crippen molar-refractivity contribution < 1.29 is 19.1 Å². The van der Waals surface area contributed by atoms with Gasteiger partial charge in [-0.05, 0) is 36.2 Å². The van der Waals surface area contributed by atoms with Gasteiger partial charge in [0.25, 0.3) is 0 Å². The molecule has 0 aromatic heterocycles. The minimum atomic E-state index is -0.375. The van der Waals surface area contributed by atoms with E-state index in [4.69, 9.17) is 14.3 Å². The molecule has 0 amide bonds. The van der Waals surface area contributed by atoms with Crippen molar-refractivity contribution in [1.82, 2.24) is 0 Å². The van der Waals surface area contributed by atoms with Gasteiger partial charge < -0.3 is 9.47 Å². The lowest BCUT2D eigenvalue weighted by molar-refractivity contribution is -0.149. The standard InChI is InChI=1S/C21H25NO4/c1-3-4-14-25-21(23)19-15-26-22(17-8-6-5-7-9-17)20(19)16-10-12-18(24-2)13-11-16/h5-13,19-20H,3-4,14-15H2,1-2H3. The number of methoxy groups -OCH3 is 1. The van der Waals surface area contributed by atoms with E-state index in [2.05, 4.69) is 6.92 Å². The van der Waals surface area contributed by atoms with Gasteiger partial charge in [0, 0.05) is 0 Å². The molecule has 5 heteroatoms. The zero-order chi connectivity index (χ0) is 18.4. The second-order valence-electron chi connectivity index (χ2n) is 6.30. The van der Waals surface area contributed by atoms with Crippen LogP contribution in [-0.2, 0) is 14.4 Å². The van der Waals surface area contributed by atoms with E-state index >= 15 is 0 Å². The van der Waals surface area contributed by atoms with Crippen LogP contribution in [0.3, 0.4) is 0 Å². The normalized spacial score (nSPS) is 19.4. The van der Waals surface area contributed by atoms with Gasteiger partial charge in [0.05, 0.1) is 32.1 Å². The van der Waals surface area contributed by atoms with Crippen LogP contribution >= 0.6 is 0 Å². The molecule has 3 rings (SSSR count). The maximum absolute atomic E-state index is 12.7. The Hall–Kier alpha value is -2.53. The van der Waals surface area contributed by atoms with Crippen molar-refractivity contribution in [3.05, 3.63) is 60.2 Å². The average Bonchev–Trinajstić information content (AvgIpc) is 3.14. The summed E-state index contributed by atoms with van der Waals surface area (Å²) in [5.74, 6) is 0.194. The van der Waals surface area contributed by atoms with Crippen LogP contribution in [0.1, 0.15) is 31.4 Å². The number of carbonyl (C=O) groups excluding carboxylic acids is 1. The average molecular weight is 355 g/mol. The Kier molecular flexibility index (Phi) is 6.12. The van der Waals surface area contributed by atoms with Crippen molar-refractivity contribution in [3.8, 4) is 5.75 Å². The number of esters is 1. The quantitative estimate of drug-likeness (QED) is 0.552. The van der Waals surface area contributed by atoms with Crippen molar-refractivity contribution in [3.63, 3.8) is 0 Å². The van der Waals surface area contributed by atoms with Crippen molar-refractivity contribution in [1.29, 1.82) is 0 Å². The largest absolute Gasteiger partial charge is 0.497 e. The fraction of sp³-hybridized carbons (Fsp3) is 0.381. The molecule has 1 fully saturated rings. The van der Waals surface area contributed by atoms with E-state index < -0.39 is 0 Å². The number of unbranched alkanes of at least 4 members (excludes halogenated alkanes) is 1. The Labute approximate surface area is 154 Å². The van der Waals surface area contributed by atoms with Crippen molar-refractivity contribution in [2.45, 2.75) is 25.8 Å². The van der Waals surface area contributed by atoms with Crippen LogP contribution < -0.4 is 9.80 Å². The Morgan fingerprint density at radius 2 is 1.88 bits per heavy atom. The molecule has 2 unspecified atom stereocenters. The van der Waals surface area contributed by atoms with Crippen molar-refractivity contribution in [2.24, 2.45) is 5.92 Å². The molecule has 0 aliphatic carbocycles. The number of hydrogen-bond donors (Lipinski definition) is 0. The molecule has 1 heterocycles. The van der Waals surface area contributed by atoms with Gasteiger partial charge in [-0.1, -0.05) is 43.7 Å². The lowest BCUT2D eigenvalue weighted by Gasteiger charge is -2.27. The molecule has 2 aromatic carbocycles. The smallest absolute Gasteiger partial charge is 0.313 e. The first-order chi connectivity index (χ1) is 12.7. The number of anilines is 1. The summed E-state index contributed by atoms with van der Waals surface area (Å²) in [7, 11) is 1.64. The molecular weight excluding hydrogens is 330 g/mol. The Bertz CT molecular complexity index is 702. The number of para-hydroxylation sites is 1. The van der Waals surface area contributed by atoms with Gasteiger partial charge in [0.2, 0.25) is 0 Å². The molecule has 26 heavy (non-hydrogen) atoms. The minimum Gasteiger partial charge on any atom is -0.497 e. The first kappa shape index (κ1) is 18.3. The second-order valence-corrected chi connectivity index (χ2v) is 6.30. The topological polar surface area (TPSA) is 48.0 Å². The highest BCUT2D eigenvalue weighted by Crippen LogP contribution is 2.39. The number of carbonyl (C=O) groups is 1. The SMILES string of the molecule is CCCCOC(=O)C1CON(c2ccccc2)C1c1ccc(OC)cc1. The zero-order valence-corrected chi connectivity index (χ0v) is 15.3. The predicted molar refractivity (Wildman–Crippen MR) is 100.0 cm³/mol. The molecule has 0 N–H and O–H groups in total. The number of hydrogen-bond acceptors (Lipinski definition) is 5. The number of benzene rings is 2. The van der Waals surface area contributed by atoms with Crippen LogP contribution in [-0.4, -0.2) is 26.3 Å². The monoisotopic (exact) mass is 355 g/mol. The van der Waals surface area contributed by atoms with Gasteiger partial charge in [-0.2, -0.15) is 0 Å². The second kappa shape index (κ2) is 8.72. The van der Waals surface area contributed by atoms with Crippen molar-refractivity contribution >= 4 is 11.7 Å². The summed E-state index contributed by atoms with van der Waals surface area (Å²) >= 11 is 0. The Morgan fingerprint density at radius 3 is 2.54 bits per heavy atom. The fourth-order valence-electron chi connectivity index (χ4n) is 3.10. The summed E-state index contributed by atoms with van der Waals surface area (Å²) in [5.41, 5.74) is 1.90. The van der Waals surface area contributed by atoms with Crippen LogP contribution in [0, 0.1) is 5.92 Å². The van der Waals surface area contributed by atoms with Crippen LogP contribution in [0.25, 0.3) is 0 Å².